The lowest BCUT2D eigenvalue weighted by atomic mass is 9.67. The third-order valence-corrected chi connectivity index (χ3v) is 5.90. The van der Waals surface area contributed by atoms with Crippen molar-refractivity contribution in [3.8, 4) is 0 Å². The average molecular weight is 278 g/mol. The van der Waals surface area contributed by atoms with Gasteiger partial charge in [-0.3, -0.25) is 4.79 Å². The van der Waals surface area contributed by atoms with Crippen molar-refractivity contribution in [3.63, 3.8) is 0 Å². The van der Waals surface area contributed by atoms with Crippen LogP contribution in [0.15, 0.2) is 0 Å². The number of hydrogen-bond acceptors (Lipinski definition) is 2. The van der Waals surface area contributed by atoms with Crippen LogP contribution < -0.4 is 11.1 Å². The molecule has 3 rings (SSSR count). The first-order valence-electron chi connectivity index (χ1n) is 8.77. The van der Waals surface area contributed by atoms with E-state index in [-0.39, 0.29) is 0 Å². The lowest BCUT2D eigenvalue weighted by Crippen LogP contribution is -2.53. The van der Waals surface area contributed by atoms with Gasteiger partial charge < -0.3 is 11.1 Å². The highest BCUT2D eigenvalue weighted by Gasteiger charge is 2.39. The van der Waals surface area contributed by atoms with E-state index in [1.807, 2.05) is 0 Å². The summed E-state index contributed by atoms with van der Waals surface area (Å²) in [4.78, 5) is 12.3. The Labute approximate surface area is 123 Å². The lowest BCUT2D eigenvalue weighted by molar-refractivity contribution is -0.124. The number of nitrogens with one attached hydrogen (secondary N) is 1. The van der Waals surface area contributed by atoms with E-state index in [4.69, 9.17) is 5.73 Å². The highest BCUT2D eigenvalue weighted by molar-refractivity contribution is 5.76. The number of nitrogens with two attached hydrogens (primary N) is 1. The second-order valence-corrected chi connectivity index (χ2v) is 7.48. The molecule has 0 spiro atoms. The number of carbonyl (C=O) groups excluding carboxylic acids is 1. The Kier molecular flexibility index (Phi) is 4.65. The maximum atomic E-state index is 12.3. The molecule has 3 aliphatic carbocycles. The van der Waals surface area contributed by atoms with Gasteiger partial charge in [0, 0.05) is 18.5 Å². The number of rotatable bonds is 3. The summed E-state index contributed by atoms with van der Waals surface area (Å²) >= 11 is 0. The topological polar surface area (TPSA) is 55.1 Å². The van der Waals surface area contributed by atoms with Gasteiger partial charge in [-0.2, -0.15) is 0 Å². The SMILES string of the molecule is NC1CC2CCCC(C1)C2NC(=O)CC1CCCCC1. The van der Waals surface area contributed by atoms with Gasteiger partial charge in [-0.1, -0.05) is 25.7 Å². The van der Waals surface area contributed by atoms with Crippen molar-refractivity contribution < 1.29 is 4.79 Å². The molecule has 0 aromatic rings. The monoisotopic (exact) mass is 278 g/mol. The van der Waals surface area contributed by atoms with Crippen molar-refractivity contribution in [1.29, 1.82) is 0 Å². The number of carbonyl (C=O) groups is 1. The van der Waals surface area contributed by atoms with Crippen molar-refractivity contribution in [2.45, 2.75) is 82.7 Å². The fourth-order valence-electron chi connectivity index (χ4n) is 4.92. The maximum Gasteiger partial charge on any atom is 0.220 e. The van der Waals surface area contributed by atoms with Crippen LogP contribution in [0.1, 0.15) is 70.6 Å². The Morgan fingerprint density at radius 2 is 1.60 bits per heavy atom. The molecule has 2 unspecified atom stereocenters. The van der Waals surface area contributed by atoms with Gasteiger partial charge in [-0.15, -0.1) is 0 Å². The molecule has 3 saturated carbocycles. The summed E-state index contributed by atoms with van der Waals surface area (Å²) in [6.45, 7) is 0. The van der Waals surface area contributed by atoms with Crippen molar-refractivity contribution in [2.24, 2.45) is 23.5 Å². The van der Waals surface area contributed by atoms with Gasteiger partial charge in [0.25, 0.3) is 0 Å². The largest absolute Gasteiger partial charge is 0.353 e. The maximum absolute atomic E-state index is 12.3. The molecule has 20 heavy (non-hydrogen) atoms. The van der Waals surface area contributed by atoms with Gasteiger partial charge in [0.05, 0.1) is 0 Å². The van der Waals surface area contributed by atoms with Gasteiger partial charge in [0.1, 0.15) is 0 Å². The quantitative estimate of drug-likeness (QED) is 0.834. The minimum Gasteiger partial charge on any atom is -0.353 e. The summed E-state index contributed by atoms with van der Waals surface area (Å²) in [7, 11) is 0. The van der Waals surface area contributed by atoms with E-state index in [0.29, 0.717) is 35.7 Å². The molecule has 0 heterocycles. The zero-order valence-corrected chi connectivity index (χ0v) is 12.7. The van der Waals surface area contributed by atoms with Crippen LogP contribution in [-0.2, 0) is 4.79 Å². The summed E-state index contributed by atoms with van der Waals surface area (Å²) in [5.74, 6) is 2.25. The first kappa shape index (κ1) is 14.4. The Hall–Kier alpha value is -0.570. The molecular weight excluding hydrogens is 248 g/mol. The molecule has 0 radical (unpaired) electrons. The Balaban J connectivity index is 1.52. The summed E-state index contributed by atoms with van der Waals surface area (Å²) in [5, 5.41) is 3.39. The molecule has 3 fully saturated rings. The third-order valence-electron chi connectivity index (χ3n) is 5.90. The summed E-state index contributed by atoms with van der Waals surface area (Å²) in [6, 6.07) is 0.802. The van der Waals surface area contributed by atoms with Crippen molar-refractivity contribution in [2.75, 3.05) is 0 Å². The van der Waals surface area contributed by atoms with Gasteiger partial charge in [0.15, 0.2) is 0 Å². The third kappa shape index (κ3) is 3.36. The smallest absolute Gasteiger partial charge is 0.220 e. The molecule has 3 nitrogen and oxygen atoms in total. The highest BCUT2D eigenvalue weighted by atomic mass is 16.1. The van der Waals surface area contributed by atoms with Crippen LogP contribution in [0.25, 0.3) is 0 Å². The Morgan fingerprint density at radius 1 is 0.950 bits per heavy atom. The molecule has 2 atom stereocenters. The van der Waals surface area contributed by atoms with Crippen molar-refractivity contribution in [1.82, 2.24) is 5.32 Å². The van der Waals surface area contributed by atoms with E-state index in [2.05, 4.69) is 5.32 Å². The van der Waals surface area contributed by atoms with Crippen LogP contribution in [0.2, 0.25) is 0 Å². The predicted molar refractivity (Wildman–Crippen MR) is 81.2 cm³/mol. The van der Waals surface area contributed by atoms with Crippen LogP contribution in [0.3, 0.4) is 0 Å². The molecule has 2 bridgehead atoms. The first-order chi connectivity index (χ1) is 9.72. The van der Waals surface area contributed by atoms with Crippen molar-refractivity contribution in [3.05, 3.63) is 0 Å². The fourth-order valence-corrected chi connectivity index (χ4v) is 4.92. The van der Waals surface area contributed by atoms with Gasteiger partial charge in [-0.05, 0) is 56.3 Å². The Morgan fingerprint density at radius 3 is 2.25 bits per heavy atom. The average Bonchev–Trinajstić information content (AvgIpc) is 2.41. The van der Waals surface area contributed by atoms with E-state index in [0.717, 1.165) is 19.3 Å². The molecule has 3 heteroatoms. The number of hydrogen-bond donors (Lipinski definition) is 2. The normalized spacial score (nSPS) is 38.5. The van der Waals surface area contributed by atoms with E-state index < -0.39 is 0 Å². The van der Waals surface area contributed by atoms with Crippen LogP contribution in [0.4, 0.5) is 0 Å². The number of fused-ring (bicyclic) bond motifs is 2. The second kappa shape index (κ2) is 6.46. The molecule has 114 valence electrons. The van der Waals surface area contributed by atoms with Crippen LogP contribution in [-0.4, -0.2) is 18.0 Å². The zero-order valence-electron chi connectivity index (χ0n) is 12.7. The molecule has 1 amide bonds. The second-order valence-electron chi connectivity index (χ2n) is 7.48. The van der Waals surface area contributed by atoms with Crippen molar-refractivity contribution >= 4 is 5.91 Å². The molecule has 3 aliphatic rings. The summed E-state index contributed by atoms with van der Waals surface area (Å²) in [6.07, 6.45) is 13.4. The molecular formula is C17H30N2O. The molecule has 0 saturated heterocycles. The predicted octanol–water partition coefficient (Wildman–Crippen LogP) is 2.98. The summed E-state index contributed by atoms with van der Waals surface area (Å²) < 4.78 is 0. The van der Waals surface area contributed by atoms with Gasteiger partial charge in [0.2, 0.25) is 5.91 Å². The van der Waals surface area contributed by atoms with E-state index >= 15 is 0 Å². The first-order valence-corrected chi connectivity index (χ1v) is 8.77. The van der Waals surface area contributed by atoms with E-state index in [1.165, 1.54) is 51.4 Å². The lowest BCUT2D eigenvalue weighted by Gasteiger charge is -2.45. The van der Waals surface area contributed by atoms with Crippen LogP contribution in [0.5, 0.6) is 0 Å². The molecule has 0 aliphatic heterocycles. The Bertz CT molecular complexity index is 324. The summed E-state index contributed by atoms with van der Waals surface area (Å²) in [5.41, 5.74) is 6.15. The highest BCUT2D eigenvalue weighted by Crippen LogP contribution is 2.39. The van der Waals surface area contributed by atoms with Gasteiger partial charge in [-0.25, -0.2) is 0 Å². The molecule has 0 aromatic carbocycles. The van der Waals surface area contributed by atoms with Crippen LogP contribution in [0, 0.1) is 17.8 Å². The zero-order chi connectivity index (χ0) is 13.9. The van der Waals surface area contributed by atoms with Crippen LogP contribution >= 0.6 is 0 Å². The standard InChI is InChI=1S/C17H30N2O/c18-15-10-13-7-4-8-14(11-15)17(13)19-16(20)9-12-5-2-1-3-6-12/h12-15,17H,1-11,18H2,(H,19,20). The number of amides is 1. The molecule has 0 aromatic heterocycles. The van der Waals surface area contributed by atoms with E-state index in [9.17, 15) is 4.79 Å². The molecule has 3 N–H and O–H groups in total. The van der Waals surface area contributed by atoms with Gasteiger partial charge >= 0.3 is 0 Å². The fraction of sp³-hybridized carbons (Fsp3) is 0.941. The minimum atomic E-state index is 0.314. The minimum absolute atomic E-state index is 0.314. The van der Waals surface area contributed by atoms with E-state index in [1.54, 1.807) is 0 Å².